The Morgan fingerprint density at radius 3 is 2.90 bits per heavy atom. The third-order valence-electron chi connectivity index (χ3n) is 1.43. The molecule has 1 aliphatic rings. The third kappa shape index (κ3) is 1.87. The first-order valence-electron chi connectivity index (χ1n) is 3.69. The number of carbonyl (C=O) groups excluding carboxylic acids is 1. The molecule has 0 unspecified atom stereocenters. The normalized spacial score (nSPS) is 17.3. The Kier molecular flexibility index (Phi) is 2.49. The topological polar surface area (TPSA) is 26.3 Å². The monoisotopic (exact) mass is 140 g/mol. The van der Waals surface area contributed by atoms with Gasteiger partial charge in [0.1, 0.15) is 0 Å². The van der Waals surface area contributed by atoms with Crippen LogP contribution in [0.15, 0.2) is 11.8 Å². The number of ether oxygens (including phenoxy) is 1. The fourth-order valence-electron chi connectivity index (χ4n) is 0.917. The number of ketones is 1. The van der Waals surface area contributed by atoms with Crippen molar-refractivity contribution in [1.29, 1.82) is 0 Å². The van der Waals surface area contributed by atoms with Crippen LogP contribution in [-0.4, -0.2) is 12.4 Å². The molecule has 0 amide bonds. The van der Waals surface area contributed by atoms with Gasteiger partial charge in [-0.3, -0.25) is 4.79 Å². The molecule has 2 nitrogen and oxygen atoms in total. The molecule has 0 aromatic rings. The Balaban J connectivity index is 2.28. The van der Waals surface area contributed by atoms with Gasteiger partial charge in [-0.25, -0.2) is 0 Å². The van der Waals surface area contributed by atoms with Crippen molar-refractivity contribution in [2.45, 2.75) is 26.2 Å². The molecule has 0 N–H and O–H groups in total. The van der Waals surface area contributed by atoms with E-state index in [1.54, 1.807) is 6.08 Å². The second kappa shape index (κ2) is 3.40. The molecule has 1 rings (SSSR count). The number of hydrogen-bond acceptors (Lipinski definition) is 2. The van der Waals surface area contributed by atoms with E-state index in [9.17, 15) is 4.79 Å². The van der Waals surface area contributed by atoms with Crippen LogP contribution in [0.3, 0.4) is 0 Å². The Bertz CT molecular complexity index is 159. The van der Waals surface area contributed by atoms with Gasteiger partial charge in [-0.05, 0) is 6.42 Å². The lowest BCUT2D eigenvalue weighted by atomic mass is 10.3. The SMILES string of the molecule is CCCOC1=CC(=O)CC1. The summed E-state index contributed by atoms with van der Waals surface area (Å²) in [5, 5.41) is 0. The summed E-state index contributed by atoms with van der Waals surface area (Å²) in [6, 6.07) is 0. The summed E-state index contributed by atoms with van der Waals surface area (Å²) in [7, 11) is 0. The second-order valence-corrected chi connectivity index (χ2v) is 2.43. The highest BCUT2D eigenvalue weighted by Crippen LogP contribution is 2.15. The van der Waals surface area contributed by atoms with Crippen LogP contribution in [-0.2, 0) is 9.53 Å². The zero-order valence-corrected chi connectivity index (χ0v) is 6.22. The van der Waals surface area contributed by atoms with Gasteiger partial charge < -0.3 is 4.74 Å². The lowest BCUT2D eigenvalue weighted by Gasteiger charge is -2.02. The van der Waals surface area contributed by atoms with Crippen LogP contribution in [0.4, 0.5) is 0 Å². The molecule has 0 bridgehead atoms. The van der Waals surface area contributed by atoms with Gasteiger partial charge in [0, 0.05) is 18.9 Å². The first-order chi connectivity index (χ1) is 4.83. The molecule has 56 valence electrons. The molecule has 0 aromatic carbocycles. The van der Waals surface area contributed by atoms with Crippen molar-refractivity contribution in [2.75, 3.05) is 6.61 Å². The van der Waals surface area contributed by atoms with E-state index in [0.717, 1.165) is 25.2 Å². The molecular formula is C8H12O2. The maximum absolute atomic E-state index is 10.7. The highest BCUT2D eigenvalue weighted by molar-refractivity contribution is 5.92. The maximum Gasteiger partial charge on any atom is 0.159 e. The number of allylic oxidation sites excluding steroid dienone is 2. The minimum absolute atomic E-state index is 0.200. The van der Waals surface area contributed by atoms with Gasteiger partial charge in [0.25, 0.3) is 0 Å². The van der Waals surface area contributed by atoms with E-state index >= 15 is 0 Å². The summed E-state index contributed by atoms with van der Waals surface area (Å²) in [6.45, 7) is 2.79. The van der Waals surface area contributed by atoms with E-state index in [4.69, 9.17) is 4.74 Å². The molecule has 0 fully saturated rings. The molecule has 0 radical (unpaired) electrons. The van der Waals surface area contributed by atoms with Crippen LogP contribution < -0.4 is 0 Å². The smallest absolute Gasteiger partial charge is 0.159 e. The highest BCUT2D eigenvalue weighted by atomic mass is 16.5. The van der Waals surface area contributed by atoms with Gasteiger partial charge >= 0.3 is 0 Å². The molecule has 0 saturated heterocycles. The molecule has 0 atom stereocenters. The van der Waals surface area contributed by atoms with E-state index < -0.39 is 0 Å². The van der Waals surface area contributed by atoms with E-state index in [1.807, 2.05) is 0 Å². The van der Waals surface area contributed by atoms with E-state index in [0.29, 0.717) is 6.42 Å². The molecule has 0 aliphatic heterocycles. The fraction of sp³-hybridized carbons (Fsp3) is 0.625. The van der Waals surface area contributed by atoms with Gasteiger partial charge in [0.15, 0.2) is 5.78 Å². The van der Waals surface area contributed by atoms with Gasteiger partial charge in [-0.1, -0.05) is 6.92 Å². The summed E-state index contributed by atoms with van der Waals surface area (Å²) in [4.78, 5) is 10.7. The Morgan fingerprint density at radius 2 is 2.40 bits per heavy atom. The van der Waals surface area contributed by atoms with Crippen LogP contribution in [0, 0.1) is 0 Å². The van der Waals surface area contributed by atoms with Crippen LogP contribution in [0.2, 0.25) is 0 Å². The predicted octanol–water partition coefficient (Wildman–Crippen LogP) is 1.66. The quantitative estimate of drug-likeness (QED) is 0.596. The lowest BCUT2D eigenvalue weighted by molar-refractivity contribution is -0.114. The summed E-state index contributed by atoms with van der Waals surface area (Å²) in [5.74, 6) is 1.07. The molecule has 0 aromatic heterocycles. The Labute approximate surface area is 60.9 Å². The van der Waals surface area contributed by atoms with Crippen LogP contribution in [0.5, 0.6) is 0 Å². The van der Waals surface area contributed by atoms with Gasteiger partial charge in [-0.2, -0.15) is 0 Å². The zero-order valence-electron chi connectivity index (χ0n) is 6.22. The van der Waals surface area contributed by atoms with Gasteiger partial charge in [-0.15, -0.1) is 0 Å². The van der Waals surface area contributed by atoms with Gasteiger partial charge in [0.2, 0.25) is 0 Å². The largest absolute Gasteiger partial charge is 0.498 e. The molecule has 1 aliphatic carbocycles. The first kappa shape index (κ1) is 7.32. The van der Waals surface area contributed by atoms with Crippen molar-refractivity contribution in [2.24, 2.45) is 0 Å². The van der Waals surface area contributed by atoms with Crippen molar-refractivity contribution in [1.82, 2.24) is 0 Å². The van der Waals surface area contributed by atoms with E-state index in [2.05, 4.69) is 6.92 Å². The Hall–Kier alpha value is -0.790. The lowest BCUT2D eigenvalue weighted by Crippen LogP contribution is -1.89. The molecule has 2 heteroatoms. The van der Waals surface area contributed by atoms with Crippen LogP contribution in [0.25, 0.3) is 0 Å². The first-order valence-corrected chi connectivity index (χ1v) is 3.69. The average molecular weight is 140 g/mol. The van der Waals surface area contributed by atoms with E-state index in [-0.39, 0.29) is 5.78 Å². The molecule has 10 heavy (non-hydrogen) atoms. The average Bonchev–Trinajstić information content (AvgIpc) is 2.31. The second-order valence-electron chi connectivity index (χ2n) is 2.43. The number of rotatable bonds is 3. The van der Waals surface area contributed by atoms with Crippen LogP contribution in [0.1, 0.15) is 26.2 Å². The predicted molar refractivity (Wildman–Crippen MR) is 38.6 cm³/mol. The third-order valence-corrected chi connectivity index (χ3v) is 1.43. The summed E-state index contributed by atoms with van der Waals surface area (Å²) in [6.07, 6.45) is 4.05. The van der Waals surface area contributed by atoms with Crippen molar-refractivity contribution in [3.63, 3.8) is 0 Å². The number of hydrogen-bond donors (Lipinski definition) is 0. The fourth-order valence-corrected chi connectivity index (χ4v) is 0.917. The van der Waals surface area contributed by atoms with Crippen molar-refractivity contribution in [3.05, 3.63) is 11.8 Å². The minimum atomic E-state index is 0.200. The summed E-state index contributed by atoms with van der Waals surface area (Å²) >= 11 is 0. The summed E-state index contributed by atoms with van der Waals surface area (Å²) in [5.41, 5.74) is 0. The molecular weight excluding hydrogens is 128 g/mol. The zero-order chi connectivity index (χ0) is 7.40. The highest BCUT2D eigenvalue weighted by Gasteiger charge is 2.11. The van der Waals surface area contributed by atoms with Gasteiger partial charge in [0.05, 0.1) is 12.4 Å². The molecule has 0 saturated carbocycles. The Morgan fingerprint density at radius 1 is 1.60 bits per heavy atom. The van der Waals surface area contributed by atoms with Crippen molar-refractivity contribution < 1.29 is 9.53 Å². The molecule has 0 heterocycles. The van der Waals surface area contributed by atoms with Crippen molar-refractivity contribution in [3.8, 4) is 0 Å². The maximum atomic E-state index is 10.7. The van der Waals surface area contributed by atoms with Crippen molar-refractivity contribution >= 4 is 5.78 Å². The number of carbonyl (C=O) groups is 1. The standard InChI is InChI=1S/C8H12O2/c1-2-5-10-8-4-3-7(9)6-8/h6H,2-5H2,1H3. The minimum Gasteiger partial charge on any atom is -0.498 e. The molecule has 0 spiro atoms. The van der Waals surface area contributed by atoms with E-state index in [1.165, 1.54) is 0 Å². The summed E-state index contributed by atoms with van der Waals surface area (Å²) < 4.78 is 5.26. The van der Waals surface area contributed by atoms with Crippen LogP contribution >= 0.6 is 0 Å².